The van der Waals surface area contributed by atoms with Gasteiger partial charge in [0, 0.05) is 12.7 Å². The molecule has 0 fully saturated rings. The van der Waals surface area contributed by atoms with E-state index in [1.165, 1.54) is 7.11 Å². The number of hydrogen-bond acceptors (Lipinski definition) is 2. The average Bonchev–Trinajstić information content (AvgIpc) is 2.13. The summed E-state index contributed by atoms with van der Waals surface area (Å²) < 4.78 is 4.79. The lowest BCUT2D eigenvalue weighted by Crippen LogP contribution is -2.13. The number of carboxylic acid groups (broad SMARTS) is 1. The summed E-state index contributed by atoms with van der Waals surface area (Å²) in [6, 6.07) is 4.77. The van der Waals surface area contributed by atoms with E-state index in [1.807, 2.05) is 0 Å². The molecule has 3 nitrogen and oxygen atoms in total. The van der Waals surface area contributed by atoms with Crippen LogP contribution in [0.5, 0.6) is 0 Å². The van der Waals surface area contributed by atoms with E-state index >= 15 is 0 Å². The Morgan fingerprint density at radius 1 is 1.50 bits per heavy atom. The monoisotopic (exact) mass is 234 g/mol. The molecule has 76 valence electrons. The van der Waals surface area contributed by atoms with Crippen LogP contribution in [0.1, 0.15) is 11.7 Å². The van der Waals surface area contributed by atoms with E-state index in [-0.39, 0.29) is 5.02 Å². The number of hydrogen-bond donors (Lipinski definition) is 1. The molecule has 0 amide bonds. The lowest BCUT2D eigenvalue weighted by molar-refractivity contribution is -0.148. The van der Waals surface area contributed by atoms with Crippen LogP contribution < -0.4 is 0 Å². The van der Waals surface area contributed by atoms with Crippen molar-refractivity contribution in [2.75, 3.05) is 7.11 Å². The number of carbonyl (C=O) groups is 1. The van der Waals surface area contributed by atoms with Gasteiger partial charge in [-0.15, -0.1) is 0 Å². The molecular weight excluding hydrogens is 227 g/mol. The molecule has 0 saturated heterocycles. The van der Waals surface area contributed by atoms with Crippen molar-refractivity contribution < 1.29 is 14.6 Å². The Morgan fingerprint density at radius 3 is 2.64 bits per heavy atom. The van der Waals surface area contributed by atoms with Gasteiger partial charge in [0.1, 0.15) is 0 Å². The highest BCUT2D eigenvalue weighted by molar-refractivity contribution is 6.42. The van der Waals surface area contributed by atoms with Crippen LogP contribution in [0, 0.1) is 0 Å². The summed E-state index contributed by atoms with van der Waals surface area (Å²) in [7, 11) is 1.30. The molecule has 0 saturated carbocycles. The van der Waals surface area contributed by atoms with E-state index in [9.17, 15) is 4.79 Å². The molecule has 5 heteroatoms. The number of carboxylic acids is 1. The Balaban J connectivity index is 3.16. The van der Waals surface area contributed by atoms with Gasteiger partial charge in [-0.05, 0) is 6.07 Å². The first-order valence-electron chi connectivity index (χ1n) is 3.77. The molecule has 0 bridgehead atoms. The van der Waals surface area contributed by atoms with Crippen LogP contribution in [0.25, 0.3) is 0 Å². The molecule has 0 radical (unpaired) electrons. The highest BCUT2D eigenvalue weighted by atomic mass is 35.5. The van der Waals surface area contributed by atoms with E-state index in [1.54, 1.807) is 18.2 Å². The fraction of sp³-hybridized carbons (Fsp3) is 0.222. The molecule has 0 aliphatic rings. The lowest BCUT2D eigenvalue weighted by atomic mass is 10.1. The third-order valence-electron chi connectivity index (χ3n) is 1.72. The van der Waals surface area contributed by atoms with E-state index in [4.69, 9.17) is 33.0 Å². The molecule has 1 rings (SSSR count). The number of halogens is 2. The van der Waals surface area contributed by atoms with Crippen LogP contribution in [0.4, 0.5) is 0 Å². The van der Waals surface area contributed by atoms with Gasteiger partial charge in [-0.25, -0.2) is 4.79 Å². The number of ether oxygens (including phenoxy) is 1. The highest BCUT2D eigenvalue weighted by Gasteiger charge is 2.22. The van der Waals surface area contributed by atoms with Crippen molar-refractivity contribution in [3.63, 3.8) is 0 Å². The zero-order valence-electron chi connectivity index (χ0n) is 7.33. The second kappa shape index (κ2) is 4.64. The van der Waals surface area contributed by atoms with Crippen molar-refractivity contribution in [1.29, 1.82) is 0 Å². The van der Waals surface area contributed by atoms with Crippen LogP contribution in [-0.4, -0.2) is 18.2 Å². The lowest BCUT2D eigenvalue weighted by Gasteiger charge is -2.12. The Kier molecular flexibility index (Phi) is 3.75. The first kappa shape index (κ1) is 11.3. The molecule has 1 aromatic carbocycles. The summed E-state index contributed by atoms with van der Waals surface area (Å²) in [4.78, 5) is 10.8. The minimum Gasteiger partial charge on any atom is -0.479 e. The van der Waals surface area contributed by atoms with E-state index in [0.29, 0.717) is 10.6 Å². The zero-order chi connectivity index (χ0) is 10.7. The van der Waals surface area contributed by atoms with Crippen LogP contribution in [0.15, 0.2) is 18.2 Å². The van der Waals surface area contributed by atoms with Gasteiger partial charge in [-0.1, -0.05) is 35.3 Å². The van der Waals surface area contributed by atoms with Gasteiger partial charge >= 0.3 is 5.97 Å². The second-order valence-corrected chi connectivity index (χ2v) is 3.38. The van der Waals surface area contributed by atoms with E-state index < -0.39 is 12.1 Å². The first-order chi connectivity index (χ1) is 6.57. The second-order valence-electron chi connectivity index (χ2n) is 2.60. The summed E-state index contributed by atoms with van der Waals surface area (Å²) >= 11 is 11.6. The number of aliphatic carboxylic acids is 1. The Labute approximate surface area is 91.2 Å². The van der Waals surface area contributed by atoms with Crippen LogP contribution in [0.2, 0.25) is 10.0 Å². The summed E-state index contributed by atoms with van der Waals surface area (Å²) in [5, 5.41) is 9.34. The summed E-state index contributed by atoms with van der Waals surface area (Å²) in [6.45, 7) is 0. The largest absolute Gasteiger partial charge is 0.479 e. The van der Waals surface area contributed by atoms with E-state index in [0.717, 1.165) is 0 Å². The van der Waals surface area contributed by atoms with Gasteiger partial charge in [0.25, 0.3) is 0 Å². The van der Waals surface area contributed by atoms with Gasteiger partial charge in [0.15, 0.2) is 6.10 Å². The standard InChI is InChI=1S/C9H8Cl2O3/c1-14-8(9(12)13)5-3-2-4-6(10)7(5)11/h2-4,8H,1H3,(H,12,13). The Hall–Kier alpha value is -0.770. The molecule has 1 aromatic rings. The average molecular weight is 235 g/mol. The topological polar surface area (TPSA) is 46.5 Å². The molecule has 1 N–H and O–H groups in total. The quantitative estimate of drug-likeness (QED) is 0.876. The molecule has 0 aromatic heterocycles. The molecule has 0 aliphatic carbocycles. The van der Waals surface area contributed by atoms with Crippen molar-refractivity contribution in [2.45, 2.75) is 6.10 Å². The van der Waals surface area contributed by atoms with Gasteiger partial charge in [-0.2, -0.15) is 0 Å². The molecule has 14 heavy (non-hydrogen) atoms. The smallest absolute Gasteiger partial charge is 0.337 e. The maximum atomic E-state index is 10.8. The number of methoxy groups -OCH3 is 1. The van der Waals surface area contributed by atoms with Crippen molar-refractivity contribution in [2.24, 2.45) is 0 Å². The van der Waals surface area contributed by atoms with Crippen LogP contribution >= 0.6 is 23.2 Å². The van der Waals surface area contributed by atoms with Gasteiger partial charge in [-0.3, -0.25) is 0 Å². The highest BCUT2D eigenvalue weighted by Crippen LogP contribution is 2.31. The Bertz CT molecular complexity index is 352. The molecule has 1 atom stereocenters. The van der Waals surface area contributed by atoms with Crippen molar-refractivity contribution in [3.8, 4) is 0 Å². The molecule has 0 aliphatic heterocycles. The van der Waals surface area contributed by atoms with Gasteiger partial charge in [0.05, 0.1) is 10.0 Å². The predicted molar refractivity (Wildman–Crippen MR) is 53.8 cm³/mol. The van der Waals surface area contributed by atoms with Crippen LogP contribution in [0.3, 0.4) is 0 Å². The number of benzene rings is 1. The maximum absolute atomic E-state index is 10.8. The number of rotatable bonds is 3. The molecule has 1 unspecified atom stereocenters. The van der Waals surface area contributed by atoms with E-state index in [2.05, 4.69) is 0 Å². The minimum atomic E-state index is -1.10. The predicted octanol–water partition coefficient (Wildman–Crippen LogP) is 2.77. The van der Waals surface area contributed by atoms with Crippen LogP contribution in [-0.2, 0) is 9.53 Å². The van der Waals surface area contributed by atoms with Crippen molar-refractivity contribution >= 4 is 29.2 Å². The van der Waals surface area contributed by atoms with Gasteiger partial charge in [0.2, 0.25) is 0 Å². The van der Waals surface area contributed by atoms with Crippen molar-refractivity contribution in [1.82, 2.24) is 0 Å². The molecule has 0 heterocycles. The maximum Gasteiger partial charge on any atom is 0.337 e. The SMILES string of the molecule is COC(C(=O)O)c1cccc(Cl)c1Cl. The normalized spacial score (nSPS) is 12.5. The minimum absolute atomic E-state index is 0.211. The zero-order valence-corrected chi connectivity index (χ0v) is 8.84. The fourth-order valence-corrected chi connectivity index (χ4v) is 1.49. The Morgan fingerprint density at radius 2 is 2.14 bits per heavy atom. The van der Waals surface area contributed by atoms with Gasteiger partial charge < -0.3 is 9.84 Å². The first-order valence-corrected chi connectivity index (χ1v) is 4.53. The summed E-state index contributed by atoms with van der Waals surface area (Å²) in [5.74, 6) is -1.10. The summed E-state index contributed by atoms with van der Waals surface area (Å²) in [6.07, 6.45) is -1.08. The third-order valence-corrected chi connectivity index (χ3v) is 2.56. The third kappa shape index (κ3) is 2.18. The van der Waals surface area contributed by atoms with Crippen molar-refractivity contribution in [3.05, 3.63) is 33.8 Å². The molecule has 0 spiro atoms. The summed E-state index contributed by atoms with van der Waals surface area (Å²) in [5.41, 5.74) is 0.356. The molecular formula is C9H8Cl2O3. The fourth-order valence-electron chi connectivity index (χ4n) is 1.08.